The number of pyridine rings is 1. The van der Waals surface area contributed by atoms with Crippen LogP contribution in [0.25, 0.3) is 23.2 Å². The number of aryl methyl sites for hydroxylation is 2. The predicted octanol–water partition coefficient (Wildman–Crippen LogP) is 4.31. The third kappa shape index (κ3) is 3.13. The number of nitrogens with zero attached hydrogens (tertiary/aromatic N) is 3. The van der Waals surface area contributed by atoms with Crippen molar-refractivity contribution in [3.8, 4) is 23.2 Å². The fourth-order valence-electron chi connectivity index (χ4n) is 1.69. The van der Waals surface area contributed by atoms with Crippen LogP contribution in [0.1, 0.15) is 11.4 Å². The molecule has 3 heterocycles. The van der Waals surface area contributed by atoms with Crippen molar-refractivity contribution in [2.24, 2.45) is 0 Å². The summed E-state index contributed by atoms with van der Waals surface area (Å²) in [5, 5.41) is 0.702. The maximum Gasteiger partial charge on any atom is 0.246 e. The Kier molecular flexibility index (Phi) is 4.73. The van der Waals surface area contributed by atoms with E-state index in [2.05, 4.69) is 15.0 Å². The van der Waals surface area contributed by atoms with E-state index < -0.39 is 0 Å². The molecule has 3 rings (SSSR count). The van der Waals surface area contributed by atoms with Crippen LogP contribution in [0.4, 0.5) is 0 Å². The van der Waals surface area contributed by atoms with Gasteiger partial charge in [0.15, 0.2) is 0 Å². The van der Waals surface area contributed by atoms with Crippen molar-refractivity contribution in [2.45, 2.75) is 13.8 Å². The van der Waals surface area contributed by atoms with Crippen LogP contribution in [0.15, 0.2) is 27.4 Å². The molecule has 0 aliphatic rings. The Balaban J connectivity index is 0.00000161. The molecule has 0 saturated carbocycles. The van der Waals surface area contributed by atoms with E-state index in [-0.39, 0.29) is 16.8 Å². The first kappa shape index (κ1) is 16.0. The van der Waals surface area contributed by atoms with E-state index in [1.54, 1.807) is 6.07 Å². The van der Waals surface area contributed by atoms with Crippen molar-refractivity contribution in [3.05, 3.63) is 40.0 Å². The van der Waals surface area contributed by atoms with Crippen LogP contribution in [0, 0.1) is 13.8 Å². The normalized spacial score (nSPS) is 10.5. The van der Waals surface area contributed by atoms with E-state index >= 15 is 0 Å². The molecule has 0 fully saturated rings. The molecule has 0 aromatic carbocycles. The van der Waals surface area contributed by atoms with Gasteiger partial charge in [-0.05, 0) is 19.9 Å². The van der Waals surface area contributed by atoms with E-state index in [9.17, 15) is 0 Å². The summed E-state index contributed by atoms with van der Waals surface area (Å²) >= 11 is 12.3. The summed E-state index contributed by atoms with van der Waals surface area (Å²) in [6.45, 7) is 3.63. The molecule has 0 unspecified atom stereocenters. The Morgan fingerprint density at radius 1 is 0.810 bits per heavy atom. The molecule has 8 heteroatoms. The minimum Gasteiger partial charge on any atom is -0.443 e. The average molecular weight is 369 g/mol. The zero-order chi connectivity index (χ0) is 14.3. The van der Waals surface area contributed by atoms with Gasteiger partial charge in [0.05, 0.1) is 21.4 Å². The summed E-state index contributed by atoms with van der Waals surface area (Å²) in [6.07, 6.45) is 3.05. The Hall–Kier alpha value is -1.34. The second-order valence-electron chi connectivity index (χ2n) is 4.24. The molecular weight excluding hydrogens is 360 g/mol. The monoisotopic (exact) mass is 368 g/mol. The SMILES string of the molecule is Cc1coc(-c2nc(-c3nc(C)co3)c(Cl)cc2Cl)n1.[Co]. The zero-order valence-corrected chi connectivity index (χ0v) is 13.5. The fraction of sp³-hybridized carbons (Fsp3) is 0.154. The van der Waals surface area contributed by atoms with Gasteiger partial charge in [0, 0.05) is 16.8 Å². The second-order valence-corrected chi connectivity index (χ2v) is 5.05. The van der Waals surface area contributed by atoms with Gasteiger partial charge >= 0.3 is 0 Å². The molecule has 0 saturated heterocycles. The van der Waals surface area contributed by atoms with E-state index in [1.165, 1.54) is 12.5 Å². The molecule has 1 radical (unpaired) electrons. The van der Waals surface area contributed by atoms with Crippen LogP contribution >= 0.6 is 23.2 Å². The smallest absolute Gasteiger partial charge is 0.246 e. The Labute approximate surface area is 140 Å². The average Bonchev–Trinajstić information content (AvgIpc) is 2.99. The summed E-state index contributed by atoms with van der Waals surface area (Å²) in [6, 6.07) is 1.57. The van der Waals surface area contributed by atoms with Gasteiger partial charge < -0.3 is 8.83 Å². The van der Waals surface area contributed by atoms with Crippen molar-refractivity contribution in [1.29, 1.82) is 0 Å². The molecular formula is C13H9Cl2CoN3O2. The van der Waals surface area contributed by atoms with E-state index in [1.807, 2.05) is 13.8 Å². The van der Waals surface area contributed by atoms with Crippen LogP contribution in [0.2, 0.25) is 10.0 Å². The summed E-state index contributed by atoms with van der Waals surface area (Å²) in [7, 11) is 0. The number of rotatable bonds is 2. The first-order valence-electron chi connectivity index (χ1n) is 5.75. The zero-order valence-electron chi connectivity index (χ0n) is 11.0. The van der Waals surface area contributed by atoms with Crippen LogP contribution < -0.4 is 0 Å². The molecule has 0 N–H and O–H groups in total. The molecule has 0 amide bonds. The molecule has 111 valence electrons. The summed E-state index contributed by atoms with van der Waals surface area (Å²) < 4.78 is 10.6. The van der Waals surface area contributed by atoms with Gasteiger partial charge in [-0.2, -0.15) is 0 Å². The van der Waals surface area contributed by atoms with Crippen LogP contribution in [-0.2, 0) is 16.8 Å². The topological polar surface area (TPSA) is 65.0 Å². The minimum absolute atomic E-state index is 0. The van der Waals surface area contributed by atoms with Gasteiger partial charge in [0.2, 0.25) is 11.8 Å². The molecule has 5 nitrogen and oxygen atoms in total. The van der Waals surface area contributed by atoms with Gasteiger partial charge in [-0.15, -0.1) is 0 Å². The van der Waals surface area contributed by atoms with Crippen LogP contribution in [0.5, 0.6) is 0 Å². The van der Waals surface area contributed by atoms with Gasteiger partial charge in [0.25, 0.3) is 0 Å². The van der Waals surface area contributed by atoms with Gasteiger partial charge in [0.1, 0.15) is 23.9 Å². The summed E-state index contributed by atoms with van der Waals surface area (Å²) in [4.78, 5) is 12.8. The standard InChI is InChI=1S/C13H9Cl2N3O2.Co/c1-6-4-19-12(16-6)10-8(14)3-9(15)11(18-10)13-17-7(2)5-20-13;/h3-5H,1-2H3;. The molecule has 3 aromatic heterocycles. The first-order chi connectivity index (χ1) is 9.54. The quantitative estimate of drug-likeness (QED) is 0.674. The third-order valence-electron chi connectivity index (χ3n) is 2.57. The molecule has 0 atom stereocenters. The maximum atomic E-state index is 6.14. The van der Waals surface area contributed by atoms with Gasteiger partial charge in [-0.1, -0.05) is 23.2 Å². The Bertz CT molecular complexity index is 724. The van der Waals surface area contributed by atoms with Gasteiger partial charge in [-0.3, -0.25) is 0 Å². The van der Waals surface area contributed by atoms with Crippen molar-refractivity contribution in [2.75, 3.05) is 0 Å². The number of hydrogen-bond donors (Lipinski definition) is 0. The van der Waals surface area contributed by atoms with E-state index in [4.69, 9.17) is 32.0 Å². The van der Waals surface area contributed by atoms with Gasteiger partial charge in [-0.25, -0.2) is 15.0 Å². The first-order valence-corrected chi connectivity index (χ1v) is 6.51. The van der Waals surface area contributed by atoms with Crippen molar-refractivity contribution < 1.29 is 25.6 Å². The third-order valence-corrected chi connectivity index (χ3v) is 3.15. The number of oxazole rings is 2. The predicted molar refractivity (Wildman–Crippen MR) is 74.7 cm³/mol. The molecule has 0 aliphatic carbocycles. The van der Waals surface area contributed by atoms with Crippen molar-refractivity contribution in [1.82, 2.24) is 15.0 Å². The van der Waals surface area contributed by atoms with Crippen LogP contribution in [0.3, 0.4) is 0 Å². The van der Waals surface area contributed by atoms with E-state index in [0.717, 1.165) is 11.4 Å². The number of halogens is 2. The molecule has 0 bridgehead atoms. The molecule has 0 aliphatic heterocycles. The largest absolute Gasteiger partial charge is 0.443 e. The summed E-state index contributed by atoms with van der Waals surface area (Å²) in [5.41, 5.74) is 2.27. The second kappa shape index (κ2) is 6.19. The minimum atomic E-state index is 0. The maximum absolute atomic E-state index is 6.14. The number of hydrogen-bond acceptors (Lipinski definition) is 5. The van der Waals surface area contributed by atoms with E-state index in [0.29, 0.717) is 33.2 Å². The molecule has 0 spiro atoms. The van der Waals surface area contributed by atoms with Crippen molar-refractivity contribution >= 4 is 23.2 Å². The Morgan fingerprint density at radius 3 is 1.57 bits per heavy atom. The fourth-order valence-corrected chi connectivity index (χ4v) is 2.21. The van der Waals surface area contributed by atoms with Crippen LogP contribution in [-0.4, -0.2) is 15.0 Å². The van der Waals surface area contributed by atoms with Crippen molar-refractivity contribution in [3.63, 3.8) is 0 Å². The molecule has 21 heavy (non-hydrogen) atoms. The summed E-state index contributed by atoms with van der Waals surface area (Å²) in [5.74, 6) is 0.655. The number of aromatic nitrogens is 3. The molecule has 3 aromatic rings. The Morgan fingerprint density at radius 2 is 1.24 bits per heavy atom.